The zero-order valence-corrected chi connectivity index (χ0v) is 17.4. The summed E-state index contributed by atoms with van der Waals surface area (Å²) in [5, 5.41) is 30.8. The van der Waals surface area contributed by atoms with Crippen LogP contribution in [0.2, 0.25) is 0 Å². The summed E-state index contributed by atoms with van der Waals surface area (Å²) in [5.74, 6) is -1.34. The van der Waals surface area contributed by atoms with Crippen molar-refractivity contribution < 1.29 is 24.4 Å². The minimum absolute atomic E-state index is 0.0125. The first-order chi connectivity index (χ1) is 14.8. The molecular formula is C22H24BN3O5. The quantitative estimate of drug-likeness (QED) is 0.338. The van der Waals surface area contributed by atoms with Crippen molar-refractivity contribution in [2.24, 2.45) is 0 Å². The second-order valence-corrected chi connectivity index (χ2v) is 7.04. The van der Waals surface area contributed by atoms with E-state index < -0.39 is 25.1 Å². The molecule has 0 aromatic heterocycles. The van der Waals surface area contributed by atoms with Crippen LogP contribution in [0.4, 0.5) is 4.79 Å². The Morgan fingerprint density at radius 1 is 1.16 bits per heavy atom. The van der Waals surface area contributed by atoms with E-state index >= 15 is 0 Å². The molecule has 31 heavy (non-hydrogen) atoms. The average molecular weight is 421 g/mol. The number of benzene rings is 2. The van der Waals surface area contributed by atoms with Crippen LogP contribution in [0.1, 0.15) is 16.7 Å². The van der Waals surface area contributed by atoms with Crippen molar-refractivity contribution in [1.82, 2.24) is 10.2 Å². The largest absolute Gasteiger partial charge is 0.475 e. The number of nitriles is 1. The number of nitrogens with zero attached hydrogens (tertiary/aromatic N) is 2. The highest BCUT2D eigenvalue weighted by Crippen LogP contribution is 2.12. The summed E-state index contributed by atoms with van der Waals surface area (Å²) in [6.07, 6.45) is 0.893. The molecule has 1 unspecified atom stereocenters. The Hall–Kier alpha value is -3.61. The highest BCUT2D eigenvalue weighted by molar-refractivity contribution is 6.43. The van der Waals surface area contributed by atoms with Gasteiger partial charge in [-0.1, -0.05) is 48.5 Å². The predicted molar refractivity (Wildman–Crippen MR) is 116 cm³/mol. The second-order valence-electron chi connectivity index (χ2n) is 7.04. The third-order valence-electron chi connectivity index (χ3n) is 4.35. The summed E-state index contributed by atoms with van der Waals surface area (Å²) in [6, 6.07) is 17.9. The van der Waals surface area contributed by atoms with Gasteiger partial charge in [-0.05, 0) is 35.3 Å². The van der Waals surface area contributed by atoms with Crippen molar-refractivity contribution in [3.63, 3.8) is 0 Å². The van der Waals surface area contributed by atoms with Crippen LogP contribution in [0.25, 0.3) is 6.08 Å². The second kappa shape index (κ2) is 11.5. The van der Waals surface area contributed by atoms with Crippen LogP contribution in [-0.2, 0) is 22.6 Å². The number of hydrogen-bond donors (Lipinski definition) is 3. The van der Waals surface area contributed by atoms with Crippen LogP contribution in [0, 0.1) is 11.3 Å². The van der Waals surface area contributed by atoms with Gasteiger partial charge in [0.25, 0.3) is 5.91 Å². The number of carbonyl (C=O) groups is 2. The first kappa shape index (κ1) is 23.7. The fourth-order valence-electron chi connectivity index (χ4n) is 2.76. The molecule has 0 radical (unpaired) electrons. The molecule has 2 aromatic carbocycles. The number of likely N-dealkylation sites (N-methyl/N-ethyl adjacent to an activating group) is 1. The minimum atomic E-state index is -1.75. The molecule has 9 heteroatoms. The molecule has 0 spiro atoms. The van der Waals surface area contributed by atoms with E-state index in [1.54, 1.807) is 38.4 Å². The van der Waals surface area contributed by atoms with Crippen molar-refractivity contribution in [3.8, 4) is 6.07 Å². The van der Waals surface area contributed by atoms with Crippen molar-refractivity contribution in [1.29, 1.82) is 5.26 Å². The number of hydrogen-bond acceptors (Lipinski definition) is 6. The SMILES string of the molecule is CN(C)C(=O)C(C#N)=Cc1cccc(COC(=O)NC(Cc2ccccc2)B(O)O)c1. The van der Waals surface area contributed by atoms with Gasteiger partial charge in [-0.15, -0.1) is 0 Å². The zero-order chi connectivity index (χ0) is 22.8. The lowest BCUT2D eigenvalue weighted by Gasteiger charge is -2.17. The summed E-state index contributed by atoms with van der Waals surface area (Å²) in [5.41, 5.74) is 2.08. The summed E-state index contributed by atoms with van der Waals surface area (Å²) in [7, 11) is 1.37. The lowest BCUT2D eigenvalue weighted by atomic mass is 9.76. The third-order valence-corrected chi connectivity index (χ3v) is 4.35. The van der Waals surface area contributed by atoms with Gasteiger partial charge >= 0.3 is 13.2 Å². The van der Waals surface area contributed by atoms with Crippen molar-refractivity contribution in [3.05, 3.63) is 76.9 Å². The molecule has 1 atom stereocenters. The van der Waals surface area contributed by atoms with Gasteiger partial charge in [0, 0.05) is 14.1 Å². The van der Waals surface area contributed by atoms with Crippen LogP contribution in [0.5, 0.6) is 0 Å². The lowest BCUT2D eigenvalue weighted by Crippen LogP contribution is -2.48. The number of amides is 2. The molecule has 3 N–H and O–H groups in total. The van der Waals surface area contributed by atoms with Crippen LogP contribution in [-0.4, -0.2) is 54.1 Å². The molecule has 0 aliphatic carbocycles. The van der Waals surface area contributed by atoms with Gasteiger partial charge in [-0.25, -0.2) is 4.79 Å². The number of rotatable bonds is 8. The summed E-state index contributed by atoms with van der Waals surface area (Å²) in [6.45, 7) is -0.0728. The molecule has 160 valence electrons. The van der Waals surface area contributed by atoms with Gasteiger partial charge in [-0.2, -0.15) is 5.26 Å². The zero-order valence-electron chi connectivity index (χ0n) is 17.4. The first-order valence-electron chi connectivity index (χ1n) is 9.56. The Kier molecular flexibility index (Phi) is 8.82. The minimum Gasteiger partial charge on any atom is -0.445 e. The lowest BCUT2D eigenvalue weighted by molar-refractivity contribution is -0.124. The molecule has 2 rings (SSSR count). The van der Waals surface area contributed by atoms with Crippen molar-refractivity contribution in [2.75, 3.05) is 14.1 Å². The average Bonchev–Trinajstić information content (AvgIpc) is 2.76. The van der Waals surface area contributed by atoms with E-state index in [1.807, 2.05) is 36.4 Å². The van der Waals surface area contributed by atoms with E-state index in [0.29, 0.717) is 11.1 Å². The van der Waals surface area contributed by atoms with Crippen molar-refractivity contribution >= 4 is 25.2 Å². The van der Waals surface area contributed by atoms with E-state index in [4.69, 9.17) is 4.74 Å². The van der Waals surface area contributed by atoms with E-state index in [0.717, 1.165) is 5.56 Å². The fourth-order valence-corrected chi connectivity index (χ4v) is 2.76. The Morgan fingerprint density at radius 2 is 1.84 bits per heavy atom. The van der Waals surface area contributed by atoms with Crippen molar-refractivity contribution in [2.45, 2.75) is 19.0 Å². The maximum absolute atomic E-state index is 12.1. The Morgan fingerprint density at radius 3 is 2.45 bits per heavy atom. The number of nitrogens with one attached hydrogen (secondary N) is 1. The molecule has 0 bridgehead atoms. The first-order valence-corrected chi connectivity index (χ1v) is 9.56. The van der Waals surface area contributed by atoms with E-state index in [9.17, 15) is 24.9 Å². The molecule has 0 saturated heterocycles. The molecule has 2 amide bonds. The molecule has 2 aromatic rings. The highest BCUT2D eigenvalue weighted by atomic mass is 16.5. The van der Waals surface area contributed by atoms with Gasteiger partial charge in [0.15, 0.2) is 0 Å². The van der Waals surface area contributed by atoms with Gasteiger partial charge in [0.2, 0.25) is 0 Å². The van der Waals surface area contributed by atoms with Gasteiger partial charge < -0.3 is 25.0 Å². The molecular weight excluding hydrogens is 397 g/mol. The van der Waals surface area contributed by atoms with Gasteiger partial charge in [0.05, 0.1) is 5.94 Å². The smallest absolute Gasteiger partial charge is 0.445 e. The Balaban J connectivity index is 1.99. The van der Waals surface area contributed by atoms with Gasteiger partial charge in [0.1, 0.15) is 18.2 Å². The maximum atomic E-state index is 12.1. The fraction of sp³-hybridized carbons (Fsp3) is 0.227. The van der Waals surface area contributed by atoms with E-state index in [2.05, 4.69) is 5.32 Å². The topological polar surface area (TPSA) is 123 Å². The normalized spacial score (nSPS) is 11.8. The van der Waals surface area contributed by atoms with E-state index in [-0.39, 0.29) is 18.6 Å². The van der Waals surface area contributed by atoms with Crippen LogP contribution >= 0.6 is 0 Å². The summed E-state index contributed by atoms with van der Waals surface area (Å²) in [4.78, 5) is 25.4. The van der Waals surface area contributed by atoms with Crippen LogP contribution in [0.15, 0.2) is 60.2 Å². The van der Waals surface area contributed by atoms with Crippen LogP contribution < -0.4 is 5.32 Å². The molecule has 8 nitrogen and oxygen atoms in total. The standard InChI is InChI=1S/C22H24BN3O5/c1-26(2)21(27)19(14-24)12-17-9-6-10-18(11-17)15-31-22(28)25-20(23(29)30)13-16-7-4-3-5-8-16/h3-12,20,29-30H,13,15H2,1-2H3,(H,25,28). The number of carbonyl (C=O) groups excluding carboxylic acids is 2. The summed E-state index contributed by atoms with van der Waals surface area (Å²) < 4.78 is 5.19. The van der Waals surface area contributed by atoms with Crippen LogP contribution in [0.3, 0.4) is 0 Å². The highest BCUT2D eigenvalue weighted by Gasteiger charge is 2.26. The molecule has 0 aliphatic rings. The molecule has 0 saturated carbocycles. The Bertz CT molecular complexity index is 971. The Labute approximate surface area is 181 Å². The monoisotopic (exact) mass is 421 g/mol. The number of alkyl carbamates (subject to hydrolysis) is 1. The third kappa shape index (κ3) is 7.62. The maximum Gasteiger partial charge on any atom is 0.475 e. The predicted octanol–water partition coefficient (Wildman–Crippen LogP) is 1.53. The molecule has 0 fully saturated rings. The van der Waals surface area contributed by atoms with Gasteiger partial charge in [-0.3, -0.25) is 4.79 Å². The molecule has 0 aliphatic heterocycles. The summed E-state index contributed by atoms with van der Waals surface area (Å²) >= 11 is 0. The number of ether oxygens (including phenoxy) is 1. The molecule has 0 heterocycles. The van der Waals surface area contributed by atoms with E-state index in [1.165, 1.54) is 11.0 Å².